The molecule has 0 amide bonds. The molecular formula is C16H23Cl2NO. The van der Waals surface area contributed by atoms with Crippen molar-refractivity contribution >= 4 is 23.2 Å². The number of hydrogen-bond acceptors (Lipinski definition) is 2. The third-order valence-electron chi connectivity index (χ3n) is 4.53. The molecule has 1 saturated carbocycles. The monoisotopic (exact) mass is 315 g/mol. The van der Waals surface area contributed by atoms with Gasteiger partial charge in [0.2, 0.25) is 0 Å². The predicted molar refractivity (Wildman–Crippen MR) is 85.8 cm³/mol. The van der Waals surface area contributed by atoms with Crippen molar-refractivity contribution in [2.45, 2.75) is 50.2 Å². The lowest BCUT2D eigenvalue weighted by Crippen LogP contribution is -2.53. The molecule has 0 radical (unpaired) electrons. The molecular weight excluding hydrogens is 293 g/mol. The van der Waals surface area contributed by atoms with Gasteiger partial charge in [-0.05, 0) is 44.0 Å². The summed E-state index contributed by atoms with van der Waals surface area (Å²) in [7, 11) is 3.84. The van der Waals surface area contributed by atoms with Crippen LogP contribution in [0.1, 0.15) is 37.7 Å². The van der Waals surface area contributed by atoms with Gasteiger partial charge in [-0.1, -0.05) is 48.5 Å². The van der Waals surface area contributed by atoms with Crippen molar-refractivity contribution in [2.24, 2.45) is 0 Å². The minimum Gasteiger partial charge on any atom is -0.377 e. The maximum absolute atomic E-state index is 6.31. The molecule has 2 nitrogen and oxygen atoms in total. The second-order valence-electron chi connectivity index (χ2n) is 5.61. The van der Waals surface area contributed by atoms with Crippen LogP contribution in [0.5, 0.6) is 0 Å². The Hall–Kier alpha value is -0.280. The Bertz CT molecular complexity index is 444. The molecule has 1 aliphatic carbocycles. The van der Waals surface area contributed by atoms with E-state index in [1.807, 2.05) is 32.4 Å². The van der Waals surface area contributed by atoms with E-state index in [4.69, 9.17) is 27.9 Å². The first-order chi connectivity index (χ1) is 9.61. The van der Waals surface area contributed by atoms with E-state index in [0.29, 0.717) is 5.02 Å². The van der Waals surface area contributed by atoms with Crippen molar-refractivity contribution in [2.75, 3.05) is 14.2 Å². The van der Waals surface area contributed by atoms with Crippen LogP contribution in [0.4, 0.5) is 0 Å². The lowest BCUT2D eigenvalue weighted by Gasteiger charge is -2.42. The first kappa shape index (κ1) is 16.1. The SMILES string of the molecule is CNC(Cc1ccc(Cl)cc1Cl)C1(OC)CCCCC1. The fraction of sp³-hybridized carbons (Fsp3) is 0.625. The highest BCUT2D eigenvalue weighted by Crippen LogP contribution is 2.36. The Balaban J connectivity index is 2.18. The first-order valence-electron chi connectivity index (χ1n) is 7.27. The first-order valence-corrected chi connectivity index (χ1v) is 8.03. The molecule has 1 aromatic rings. The van der Waals surface area contributed by atoms with E-state index in [1.54, 1.807) is 0 Å². The van der Waals surface area contributed by atoms with Gasteiger partial charge in [0, 0.05) is 23.2 Å². The van der Waals surface area contributed by atoms with Crippen molar-refractivity contribution in [3.05, 3.63) is 33.8 Å². The molecule has 20 heavy (non-hydrogen) atoms. The maximum Gasteiger partial charge on any atom is 0.0834 e. The summed E-state index contributed by atoms with van der Waals surface area (Å²) in [5, 5.41) is 4.85. The van der Waals surface area contributed by atoms with Crippen LogP contribution in [0.15, 0.2) is 18.2 Å². The summed E-state index contributed by atoms with van der Waals surface area (Å²) in [6, 6.07) is 5.99. The van der Waals surface area contributed by atoms with Gasteiger partial charge in [0.25, 0.3) is 0 Å². The summed E-state index contributed by atoms with van der Waals surface area (Å²) in [5.41, 5.74) is 1.05. The maximum atomic E-state index is 6.31. The van der Waals surface area contributed by atoms with Gasteiger partial charge < -0.3 is 10.1 Å². The zero-order chi connectivity index (χ0) is 14.6. The van der Waals surface area contributed by atoms with E-state index in [2.05, 4.69) is 5.32 Å². The molecule has 0 aliphatic heterocycles. The van der Waals surface area contributed by atoms with Crippen LogP contribution in [0, 0.1) is 0 Å². The van der Waals surface area contributed by atoms with Gasteiger partial charge in [0.15, 0.2) is 0 Å². The van der Waals surface area contributed by atoms with E-state index in [0.717, 1.165) is 29.8 Å². The van der Waals surface area contributed by atoms with E-state index >= 15 is 0 Å². The number of likely N-dealkylation sites (N-methyl/N-ethyl adjacent to an activating group) is 1. The predicted octanol–water partition coefficient (Wildman–Crippen LogP) is 4.47. The number of methoxy groups -OCH3 is 1. The average molecular weight is 316 g/mol. The molecule has 1 atom stereocenters. The van der Waals surface area contributed by atoms with Crippen molar-refractivity contribution in [1.29, 1.82) is 0 Å². The van der Waals surface area contributed by atoms with Crippen LogP contribution in [0.3, 0.4) is 0 Å². The van der Waals surface area contributed by atoms with Crippen LogP contribution in [0.25, 0.3) is 0 Å². The standard InChI is InChI=1S/C16H23Cl2NO/c1-19-15(16(20-2)8-4-3-5-9-16)10-12-6-7-13(17)11-14(12)18/h6-7,11,15,19H,3-5,8-10H2,1-2H3. The normalized spacial score (nSPS) is 19.8. The number of nitrogens with one attached hydrogen (secondary N) is 1. The number of halogens is 2. The Morgan fingerprint density at radius 2 is 1.95 bits per heavy atom. The van der Waals surface area contributed by atoms with Crippen LogP contribution >= 0.6 is 23.2 Å². The van der Waals surface area contributed by atoms with Gasteiger partial charge in [0.1, 0.15) is 0 Å². The fourth-order valence-corrected chi connectivity index (χ4v) is 3.79. The Kier molecular flexibility index (Phi) is 5.74. The van der Waals surface area contributed by atoms with Gasteiger partial charge >= 0.3 is 0 Å². The second kappa shape index (κ2) is 7.13. The number of rotatable bonds is 5. The topological polar surface area (TPSA) is 21.3 Å². The number of hydrogen-bond donors (Lipinski definition) is 1. The Morgan fingerprint density at radius 1 is 1.25 bits per heavy atom. The smallest absolute Gasteiger partial charge is 0.0834 e. The average Bonchev–Trinajstić information content (AvgIpc) is 2.47. The summed E-state index contributed by atoms with van der Waals surface area (Å²) < 4.78 is 5.94. The van der Waals surface area contributed by atoms with E-state index in [9.17, 15) is 0 Å². The lowest BCUT2D eigenvalue weighted by atomic mass is 9.77. The van der Waals surface area contributed by atoms with E-state index in [1.165, 1.54) is 19.3 Å². The summed E-state index contributed by atoms with van der Waals surface area (Å²) in [5.74, 6) is 0. The lowest BCUT2D eigenvalue weighted by molar-refractivity contribution is -0.0656. The zero-order valence-electron chi connectivity index (χ0n) is 12.2. The Morgan fingerprint density at radius 3 is 2.50 bits per heavy atom. The molecule has 1 N–H and O–H groups in total. The van der Waals surface area contributed by atoms with Crippen LogP contribution in [-0.4, -0.2) is 25.8 Å². The van der Waals surface area contributed by atoms with E-state index in [-0.39, 0.29) is 11.6 Å². The molecule has 1 aliphatic rings. The largest absolute Gasteiger partial charge is 0.377 e. The minimum absolute atomic E-state index is 0.0734. The van der Waals surface area contributed by atoms with Crippen LogP contribution in [0.2, 0.25) is 10.0 Å². The summed E-state index contributed by atoms with van der Waals surface area (Å²) in [6.45, 7) is 0. The third-order valence-corrected chi connectivity index (χ3v) is 5.12. The number of benzene rings is 1. The highest BCUT2D eigenvalue weighted by atomic mass is 35.5. The molecule has 4 heteroatoms. The highest BCUT2D eigenvalue weighted by Gasteiger charge is 2.39. The molecule has 112 valence electrons. The third kappa shape index (κ3) is 3.48. The van der Waals surface area contributed by atoms with E-state index < -0.39 is 0 Å². The van der Waals surface area contributed by atoms with Gasteiger partial charge in [-0.2, -0.15) is 0 Å². The summed E-state index contributed by atoms with van der Waals surface area (Å²) >= 11 is 12.3. The van der Waals surface area contributed by atoms with Gasteiger partial charge in [-0.3, -0.25) is 0 Å². The molecule has 0 aromatic heterocycles. The van der Waals surface area contributed by atoms with Crippen LogP contribution < -0.4 is 5.32 Å². The van der Waals surface area contributed by atoms with Crippen LogP contribution in [-0.2, 0) is 11.2 Å². The van der Waals surface area contributed by atoms with Crippen molar-refractivity contribution in [3.8, 4) is 0 Å². The number of ether oxygens (including phenoxy) is 1. The molecule has 2 rings (SSSR count). The Labute approximate surface area is 131 Å². The molecule has 1 aromatic carbocycles. The highest BCUT2D eigenvalue weighted by molar-refractivity contribution is 6.35. The molecule has 1 fully saturated rings. The quantitative estimate of drug-likeness (QED) is 0.865. The second-order valence-corrected chi connectivity index (χ2v) is 6.45. The van der Waals surface area contributed by atoms with Crippen molar-refractivity contribution < 1.29 is 4.74 Å². The molecule has 0 heterocycles. The van der Waals surface area contributed by atoms with Crippen molar-refractivity contribution in [3.63, 3.8) is 0 Å². The molecule has 0 saturated heterocycles. The van der Waals surface area contributed by atoms with Gasteiger partial charge in [-0.25, -0.2) is 0 Å². The van der Waals surface area contributed by atoms with Gasteiger partial charge in [0.05, 0.1) is 5.60 Å². The molecule has 0 spiro atoms. The molecule has 0 bridgehead atoms. The zero-order valence-corrected chi connectivity index (χ0v) is 13.7. The fourth-order valence-electron chi connectivity index (χ4n) is 3.30. The summed E-state index contributed by atoms with van der Waals surface area (Å²) in [4.78, 5) is 0. The van der Waals surface area contributed by atoms with Crippen molar-refractivity contribution in [1.82, 2.24) is 5.32 Å². The molecule has 1 unspecified atom stereocenters. The summed E-state index contributed by atoms with van der Waals surface area (Å²) in [6.07, 6.45) is 6.87. The van der Waals surface area contributed by atoms with Gasteiger partial charge in [-0.15, -0.1) is 0 Å². The minimum atomic E-state index is -0.0734.